The number of nitrogens with zero attached hydrogens (tertiary/aromatic N) is 3. The molecular weight excluding hydrogens is 287 g/mol. The number of likely N-dealkylation sites (N-methyl/N-ethyl adjacent to an activating group) is 2. The fourth-order valence-electron chi connectivity index (χ4n) is 1.67. The molecule has 0 aliphatic rings. The standard InChI is InChI=1S/C13H24F3N3O2/c1-10(2)6-19(9-13(14,15)16)12(21)8-18(5)7-11(20)17(3)4/h10H,6-9H2,1-5H3. The Kier molecular flexibility index (Phi) is 7.70. The summed E-state index contributed by atoms with van der Waals surface area (Å²) in [6.45, 7) is 2.03. The van der Waals surface area contributed by atoms with Crippen LogP contribution in [0.3, 0.4) is 0 Å². The van der Waals surface area contributed by atoms with Crippen LogP contribution in [0.4, 0.5) is 13.2 Å². The van der Waals surface area contributed by atoms with Crippen LogP contribution in [0.25, 0.3) is 0 Å². The molecule has 0 saturated heterocycles. The lowest BCUT2D eigenvalue weighted by Crippen LogP contribution is -2.46. The van der Waals surface area contributed by atoms with Crippen LogP contribution in [0.1, 0.15) is 13.8 Å². The maximum absolute atomic E-state index is 12.5. The summed E-state index contributed by atoms with van der Waals surface area (Å²) in [5.74, 6) is -0.906. The maximum atomic E-state index is 12.5. The van der Waals surface area contributed by atoms with E-state index in [1.165, 1.54) is 16.8 Å². The van der Waals surface area contributed by atoms with Gasteiger partial charge in [-0.1, -0.05) is 13.8 Å². The predicted molar refractivity (Wildman–Crippen MR) is 73.7 cm³/mol. The molecule has 0 atom stereocenters. The highest BCUT2D eigenvalue weighted by molar-refractivity contribution is 5.81. The summed E-state index contributed by atoms with van der Waals surface area (Å²) >= 11 is 0. The Morgan fingerprint density at radius 1 is 1.00 bits per heavy atom. The van der Waals surface area contributed by atoms with Crippen LogP contribution in [0.2, 0.25) is 0 Å². The van der Waals surface area contributed by atoms with E-state index in [1.54, 1.807) is 27.9 Å². The van der Waals surface area contributed by atoms with Crippen molar-refractivity contribution in [2.75, 3.05) is 47.3 Å². The number of rotatable bonds is 7. The van der Waals surface area contributed by atoms with Crippen molar-refractivity contribution in [2.24, 2.45) is 5.92 Å². The first kappa shape index (κ1) is 19.7. The first-order chi connectivity index (χ1) is 9.42. The summed E-state index contributed by atoms with van der Waals surface area (Å²) in [5, 5.41) is 0. The smallest absolute Gasteiger partial charge is 0.348 e. The number of hydrogen-bond donors (Lipinski definition) is 0. The van der Waals surface area contributed by atoms with Gasteiger partial charge in [-0.25, -0.2) is 0 Å². The van der Waals surface area contributed by atoms with Gasteiger partial charge >= 0.3 is 6.18 Å². The monoisotopic (exact) mass is 311 g/mol. The van der Waals surface area contributed by atoms with E-state index in [9.17, 15) is 22.8 Å². The van der Waals surface area contributed by atoms with E-state index in [1.807, 2.05) is 0 Å². The van der Waals surface area contributed by atoms with Crippen molar-refractivity contribution in [3.63, 3.8) is 0 Å². The molecule has 0 bridgehead atoms. The average molecular weight is 311 g/mol. The topological polar surface area (TPSA) is 43.9 Å². The van der Waals surface area contributed by atoms with Crippen LogP contribution in [-0.2, 0) is 9.59 Å². The summed E-state index contributed by atoms with van der Waals surface area (Å²) < 4.78 is 37.5. The quantitative estimate of drug-likeness (QED) is 0.706. The lowest BCUT2D eigenvalue weighted by Gasteiger charge is -2.28. The molecular formula is C13H24F3N3O2. The van der Waals surface area contributed by atoms with Gasteiger partial charge in [0.2, 0.25) is 11.8 Å². The molecule has 0 aliphatic heterocycles. The lowest BCUT2D eigenvalue weighted by molar-refractivity contribution is -0.162. The van der Waals surface area contributed by atoms with Crippen LogP contribution >= 0.6 is 0 Å². The van der Waals surface area contributed by atoms with E-state index in [4.69, 9.17) is 0 Å². The Hall–Kier alpha value is -1.31. The summed E-state index contributed by atoms with van der Waals surface area (Å²) in [5.41, 5.74) is 0. The van der Waals surface area contributed by atoms with Crippen LogP contribution in [-0.4, -0.2) is 80.0 Å². The number of amides is 2. The molecule has 8 heteroatoms. The third-order valence-corrected chi connectivity index (χ3v) is 2.62. The molecule has 0 aromatic rings. The Balaban J connectivity index is 4.62. The zero-order valence-corrected chi connectivity index (χ0v) is 13.2. The second kappa shape index (κ2) is 8.21. The fourth-order valence-corrected chi connectivity index (χ4v) is 1.67. The minimum absolute atomic E-state index is 0.0136. The van der Waals surface area contributed by atoms with Gasteiger partial charge in [0.25, 0.3) is 0 Å². The van der Waals surface area contributed by atoms with E-state index in [-0.39, 0.29) is 31.5 Å². The second-order valence-electron chi connectivity index (χ2n) is 5.74. The lowest BCUT2D eigenvalue weighted by atomic mass is 10.2. The molecule has 0 aliphatic carbocycles. The minimum Gasteiger partial charge on any atom is -0.348 e. The van der Waals surface area contributed by atoms with Gasteiger partial charge in [-0.05, 0) is 13.0 Å². The van der Waals surface area contributed by atoms with E-state index < -0.39 is 18.6 Å². The predicted octanol–water partition coefficient (Wildman–Crippen LogP) is 1.05. The first-order valence-electron chi connectivity index (χ1n) is 6.65. The highest BCUT2D eigenvalue weighted by Gasteiger charge is 2.33. The highest BCUT2D eigenvalue weighted by Crippen LogP contribution is 2.17. The molecule has 0 fully saturated rings. The summed E-state index contributed by atoms with van der Waals surface area (Å²) in [6.07, 6.45) is -4.43. The van der Waals surface area contributed by atoms with Gasteiger partial charge in [0.05, 0.1) is 13.1 Å². The Morgan fingerprint density at radius 2 is 1.48 bits per heavy atom. The van der Waals surface area contributed by atoms with Crippen LogP contribution in [0.15, 0.2) is 0 Å². The third kappa shape index (κ3) is 9.28. The van der Waals surface area contributed by atoms with Gasteiger partial charge in [0, 0.05) is 20.6 Å². The zero-order chi connectivity index (χ0) is 16.8. The third-order valence-electron chi connectivity index (χ3n) is 2.62. The Labute approximate surface area is 123 Å². The molecule has 0 aromatic heterocycles. The van der Waals surface area contributed by atoms with Crippen molar-refractivity contribution in [1.29, 1.82) is 0 Å². The van der Waals surface area contributed by atoms with Gasteiger partial charge in [-0.2, -0.15) is 13.2 Å². The maximum Gasteiger partial charge on any atom is 0.406 e. The van der Waals surface area contributed by atoms with Gasteiger partial charge < -0.3 is 9.80 Å². The normalized spacial score (nSPS) is 11.9. The molecule has 0 heterocycles. The van der Waals surface area contributed by atoms with Gasteiger partial charge in [-0.3, -0.25) is 14.5 Å². The molecule has 0 saturated carbocycles. The van der Waals surface area contributed by atoms with Crippen LogP contribution < -0.4 is 0 Å². The van der Waals surface area contributed by atoms with Gasteiger partial charge in [0.1, 0.15) is 6.54 Å². The number of hydrogen-bond acceptors (Lipinski definition) is 3. The van der Waals surface area contributed by atoms with Crippen molar-refractivity contribution in [3.05, 3.63) is 0 Å². The number of halogens is 3. The van der Waals surface area contributed by atoms with E-state index >= 15 is 0 Å². The Bertz CT molecular complexity index is 357. The molecule has 0 aromatic carbocycles. The molecule has 5 nitrogen and oxygen atoms in total. The van der Waals surface area contributed by atoms with Crippen molar-refractivity contribution in [1.82, 2.24) is 14.7 Å². The minimum atomic E-state index is -4.43. The van der Waals surface area contributed by atoms with E-state index in [0.717, 1.165) is 4.90 Å². The molecule has 0 spiro atoms. The van der Waals surface area contributed by atoms with Crippen molar-refractivity contribution < 1.29 is 22.8 Å². The molecule has 2 amide bonds. The average Bonchev–Trinajstić information content (AvgIpc) is 2.24. The second-order valence-corrected chi connectivity index (χ2v) is 5.74. The number of carbonyl (C=O) groups is 2. The fraction of sp³-hybridized carbons (Fsp3) is 0.846. The first-order valence-corrected chi connectivity index (χ1v) is 6.65. The Morgan fingerprint density at radius 3 is 1.86 bits per heavy atom. The van der Waals surface area contributed by atoms with Crippen molar-refractivity contribution in [3.8, 4) is 0 Å². The summed E-state index contributed by atoms with van der Waals surface area (Å²) in [7, 11) is 4.68. The van der Waals surface area contributed by atoms with Gasteiger partial charge in [-0.15, -0.1) is 0 Å². The molecule has 21 heavy (non-hydrogen) atoms. The van der Waals surface area contributed by atoms with Crippen molar-refractivity contribution in [2.45, 2.75) is 20.0 Å². The molecule has 0 N–H and O–H groups in total. The molecule has 0 radical (unpaired) electrons. The molecule has 124 valence electrons. The summed E-state index contributed by atoms with van der Waals surface area (Å²) in [4.78, 5) is 27.0. The molecule has 0 unspecified atom stereocenters. The van der Waals surface area contributed by atoms with Crippen LogP contribution in [0, 0.1) is 5.92 Å². The molecule has 0 rings (SSSR count). The van der Waals surface area contributed by atoms with Crippen molar-refractivity contribution >= 4 is 11.8 Å². The van der Waals surface area contributed by atoms with E-state index in [0.29, 0.717) is 0 Å². The highest BCUT2D eigenvalue weighted by atomic mass is 19.4. The van der Waals surface area contributed by atoms with Crippen LogP contribution in [0.5, 0.6) is 0 Å². The SMILES string of the molecule is CC(C)CN(CC(F)(F)F)C(=O)CN(C)CC(=O)N(C)C. The van der Waals surface area contributed by atoms with E-state index in [2.05, 4.69) is 0 Å². The number of carbonyl (C=O) groups excluding carboxylic acids is 2. The number of alkyl halides is 3. The largest absolute Gasteiger partial charge is 0.406 e. The van der Waals surface area contributed by atoms with Gasteiger partial charge in [0.15, 0.2) is 0 Å². The summed E-state index contributed by atoms with van der Waals surface area (Å²) in [6, 6.07) is 0. The zero-order valence-electron chi connectivity index (χ0n) is 13.2.